The Hall–Kier alpha value is -5.97. The summed E-state index contributed by atoms with van der Waals surface area (Å²) in [6.45, 7) is 8.63. The second kappa shape index (κ2) is 20.9. The Morgan fingerprint density at radius 2 is 1.03 bits per heavy atom. The fraction of sp³-hybridized carbons (Fsp3) is 0.304. The van der Waals surface area contributed by atoms with Gasteiger partial charge in [0.05, 0.1) is 34.8 Å². The molecular weight excluding hydrogens is 852 g/mol. The van der Waals surface area contributed by atoms with E-state index in [1.165, 1.54) is 0 Å². The zero-order valence-corrected chi connectivity index (χ0v) is 38.1. The highest BCUT2D eigenvalue weighted by atomic mass is 35.5. The van der Waals surface area contributed by atoms with Crippen LogP contribution in [0.2, 0.25) is 0 Å². The number of carbonyl (C=O) groups excluding carboxylic acids is 2. The van der Waals surface area contributed by atoms with E-state index in [0.29, 0.717) is 25.9 Å². The average molecular weight is 906 g/mol. The van der Waals surface area contributed by atoms with Crippen LogP contribution in [0.5, 0.6) is 0 Å². The van der Waals surface area contributed by atoms with Gasteiger partial charge in [0.2, 0.25) is 0 Å². The molecule has 6 aromatic rings. The number of hydrogen-bond donors (Lipinski definition) is 2. The molecule has 0 radical (unpaired) electrons. The van der Waals surface area contributed by atoms with Crippen LogP contribution in [0.3, 0.4) is 0 Å². The lowest BCUT2D eigenvalue weighted by molar-refractivity contribution is 0.243. The van der Waals surface area contributed by atoms with Crippen LogP contribution in [0.1, 0.15) is 35.6 Å². The van der Waals surface area contributed by atoms with Crippen LogP contribution >= 0.6 is 39.4 Å². The highest BCUT2D eigenvalue weighted by molar-refractivity contribution is 7.59. The molecule has 0 aromatic carbocycles. The average Bonchev–Trinajstić information content (AvgIpc) is 3.90. The molecule has 17 heteroatoms. The molecule has 0 spiro atoms. The van der Waals surface area contributed by atoms with Gasteiger partial charge in [0.15, 0.2) is 11.6 Å². The van der Waals surface area contributed by atoms with Crippen LogP contribution in [0.15, 0.2) is 110 Å². The molecule has 4 amide bonds. The molecular formula is C46H53ClN12O2S2. The van der Waals surface area contributed by atoms with Crippen LogP contribution in [0, 0.1) is 13.8 Å². The first-order chi connectivity index (χ1) is 29.4. The zero-order valence-electron chi connectivity index (χ0n) is 35.3. The van der Waals surface area contributed by atoms with Gasteiger partial charge < -0.3 is 20.4 Å². The summed E-state index contributed by atoms with van der Waals surface area (Å²) in [7, 11) is 0. The number of aryl methyl sites for hydroxylation is 2. The maximum atomic E-state index is 13.2. The lowest BCUT2D eigenvalue weighted by Crippen LogP contribution is -2.51. The SMILES string of the molecule is Cc1cc(-c2ccc3c(n2)N(C(=O)NCCc2ccccn2)[C@H]2CCN3C2)ccn1.Cc1cc(-c2ccc3c(n2)N(C(=O)NCCc2ccccn2)[C@H]2CCN3C2)ccn1.Cl.S.S. The number of hydrogen-bond acceptors (Lipinski definition) is 10. The lowest BCUT2D eigenvalue weighted by Gasteiger charge is -2.36. The molecule has 2 fully saturated rings. The second-order valence-corrected chi connectivity index (χ2v) is 15.6. The minimum absolute atomic E-state index is 0. The Labute approximate surface area is 388 Å². The fourth-order valence-corrected chi connectivity index (χ4v) is 8.53. The van der Waals surface area contributed by atoms with Crippen LogP contribution < -0.4 is 30.2 Å². The van der Waals surface area contributed by atoms with E-state index < -0.39 is 0 Å². The zero-order chi connectivity index (χ0) is 41.0. The first kappa shape index (κ1) is 46.5. The second-order valence-electron chi connectivity index (χ2n) is 15.6. The third-order valence-corrected chi connectivity index (χ3v) is 11.5. The molecule has 6 aromatic heterocycles. The van der Waals surface area contributed by atoms with Crippen molar-refractivity contribution in [3.63, 3.8) is 0 Å². The van der Waals surface area contributed by atoms with E-state index in [0.717, 1.165) is 107 Å². The van der Waals surface area contributed by atoms with Crippen molar-refractivity contribution in [2.45, 2.75) is 51.6 Å². The number of fused-ring (bicyclic) bond motifs is 8. The number of nitrogens with zero attached hydrogens (tertiary/aromatic N) is 10. The molecule has 328 valence electrons. The van der Waals surface area contributed by atoms with E-state index in [9.17, 15) is 9.59 Å². The summed E-state index contributed by atoms with van der Waals surface area (Å²) in [5.41, 5.74) is 9.61. The number of nitrogens with one attached hydrogen (secondary N) is 2. The van der Waals surface area contributed by atoms with Crippen molar-refractivity contribution in [3.8, 4) is 22.5 Å². The number of carbonyl (C=O) groups is 2. The molecule has 4 bridgehead atoms. The van der Waals surface area contributed by atoms with E-state index in [4.69, 9.17) is 9.97 Å². The van der Waals surface area contributed by atoms with Gasteiger partial charge in [-0.1, -0.05) is 12.1 Å². The molecule has 2 N–H and O–H groups in total. The molecule has 0 saturated carbocycles. The molecule has 63 heavy (non-hydrogen) atoms. The van der Waals surface area contributed by atoms with E-state index >= 15 is 0 Å². The normalized spacial score (nSPS) is 16.2. The van der Waals surface area contributed by atoms with Gasteiger partial charge in [0.1, 0.15) is 0 Å². The fourth-order valence-electron chi connectivity index (χ4n) is 8.53. The van der Waals surface area contributed by atoms with Crippen LogP contribution in [-0.4, -0.2) is 93.3 Å². The first-order valence-electron chi connectivity index (χ1n) is 20.7. The molecule has 0 unspecified atom stereocenters. The maximum Gasteiger partial charge on any atom is 0.323 e. The first-order valence-corrected chi connectivity index (χ1v) is 20.7. The third-order valence-electron chi connectivity index (χ3n) is 11.5. The predicted molar refractivity (Wildman–Crippen MR) is 261 cm³/mol. The van der Waals surface area contributed by atoms with Gasteiger partial charge in [-0.3, -0.25) is 29.7 Å². The van der Waals surface area contributed by atoms with Gasteiger partial charge in [0.25, 0.3) is 0 Å². The molecule has 4 aliphatic rings. The molecule has 2 saturated heterocycles. The van der Waals surface area contributed by atoms with Gasteiger partial charge in [0, 0.05) is 111 Å². The summed E-state index contributed by atoms with van der Waals surface area (Å²) >= 11 is 0. The number of rotatable bonds is 8. The molecule has 10 rings (SSSR count). The summed E-state index contributed by atoms with van der Waals surface area (Å²) in [5.74, 6) is 1.48. The van der Waals surface area contributed by atoms with Crippen molar-refractivity contribution in [2.24, 2.45) is 0 Å². The minimum Gasteiger partial charge on any atom is -0.366 e. The number of anilines is 4. The molecule has 14 nitrogen and oxygen atoms in total. The Kier molecular flexibility index (Phi) is 15.5. The van der Waals surface area contributed by atoms with Crippen LogP contribution in [0.25, 0.3) is 22.5 Å². The number of amides is 4. The Bertz CT molecular complexity index is 2330. The lowest BCUT2D eigenvalue weighted by atomic mass is 10.1. The van der Waals surface area contributed by atoms with E-state index in [1.807, 2.05) is 96.4 Å². The maximum absolute atomic E-state index is 13.2. The summed E-state index contributed by atoms with van der Waals surface area (Å²) in [6.07, 6.45) is 10.4. The smallest absolute Gasteiger partial charge is 0.323 e. The van der Waals surface area contributed by atoms with Crippen LogP contribution in [0.4, 0.5) is 32.6 Å². The van der Waals surface area contributed by atoms with Crippen molar-refractivity contribution in [1.82, 2.24) is 40.5 Å². The van der Waals surface area contributed by atoms with Crippen molar-refractivity contribution in [2.75, 3.05) is 58.9 Å². The predicted octanol–water partition coefficient (Wildman–Crippen LogP) is 7.04. The minimum atomic E-state index is -0.0886. The standard InChI is InChI=1S/2C23H24N6O.ClH.2H2S/c2*1-16-14-17(7-11-24-16)20-5-6-21-22(27-20)29(19-9-13-28(21)15-19)23(30)26-12-8-18-4-2-3-10-25-18;;;/h2*2-7,10-11,14,19H,8-9,12-13,15H2,1H3,(H,26,30);1H;2*1H2/t2*19-;;;/m00.../s1. The van der Waals surface area contributed by atoms with Crippen molar-refractivity contribution < 1.29 is 9.59 Å². The summed E-state index contributed by atoms with van der Waals surface area (Å²) in [4.78, 5) is 61.7. The van der Waals surface area contributed by atoms with Gasteiger partial charge in [-0.25, -0.2) is 19.6 Å². The monoisotopic (exact) mass is 904 g/mol. The van der Waals surface area contributed by atoms with E-state index in [1.54, 1.807) is 24.8 Å². The van der Waals surface area contributed by atoms with Gasteiger partial charge >= 0.3 is 12.1 Å². The highest BCUT2D eigenvalue weighted by Gasteiger charge is 2.41. The number of aromatic nitrogens is 6. The van der Waals surface area contributed by atoms with E-state index in [2.05, 4.69) is 52.5 Å². The molecule has 4 aliphatic heterocycles. The Morgan fingerprint density at radius 3 is 1.43 bits per heavy atom. The highest BCUT2D eigenvalue weighted by Crippen LogP contribution is 2.41. The number of urea groups is 2. The molecule has 0 aliphatic carbocycles. The quantitative estimate of drug-likeness (QED) is 0.163. The van der Waals surface area contributed by atoms with Crippen molar-refractivity contribution >= 4 is 74.5 Å². The van der Waals surface area contributed by atoms with Gasteiger partial charge in [-0.15, -0.1) is 12.4 Å². The Balaban J connectivity index is 0.000000200. The van der Waals surface area contributed by atoms with Crippen molar-refractivity contribution in [3.05, 3.63) is 132 Å². The molecule has 2 atom stereocenters. The van der Waals surface area contributed by atoms with Gasteiger partial charge in [-0.05, 0) is 99.5 Å². The van der Waals surface area contributed by atoms with E-state index in [-0.39, 0.29) is 63.5 Å². The molecule has 10 heterocycles. The largest absolute Gasteiger partial charge is 0.366 e. The summed E-state index contributed by atoms with van der Waals surface area (Å²) in [5, 5.41) is 6.14. The van der Waals surface area contributed by atoms with Crippen molar-refractivity contribution in [1.29, 1.82) is 0 Å². The third kappa shape index (κ3) is 10.3. The van der Waals surface area contributed by atoms with Gasteiger partial charge in [-0.2, -0.15) is 27.0 Å². The summed E-state index contributed by atoms with van der Waals surface area (Å²) < 4.78 is 0. The topological polar surface area (TPSA) is 148 Å². The van der Waals surface area contributed by atoms with Crippen LogP contribution in [-0.2, 0) is 12.8 Å². The Morgan fingerprint density at radius 1 is 0.587 bits per heavy atom. The number of halogens is 1. The number of pyridine rings is 6. The summed E-state index contributed by atoms with van der Waals surface area (Å²) in [6, 6.07) is 28.0.